The Morgan fingerprint density at radius 1 is 1.50 bits per heavy atom. The van der Waals surface area contributed by atoms with Gasteiger partial charge in [-0.25, -0.2) is 0 Å². The first-order chi connectivity index (χ1) is 5.85. The van der Waals surface area contributed by atoms with Gasteiger partial charge in [-0.3, -0.25) is 0 Å². The van der Waals surface area contributed by atoms with Crippen molar-refractivity contribution in [1.29, 1.82) is 0 Å². The fraction of sp³-hybridized carbons (Fsp3) is 0.455. The number of unbranched alkanes of at least 4 members (excludes halogenated alkanes) is 1. The molecule has 0 aliphatic rings. The van der Waals surface area contributed by atoms with Gasteiger partial charge in [-0.15, -0.1) is 0 Å². The van der Waals surface area contributed by atoms with Gasteiger partial charge in [0.05, 0.1) is 0 Å². The van der Waals surface area contributed by atoms with Gasteiger partial charge in [-0.2, -0.15) is 0 Å². The van der Waals surface area contributed by atoms with Crippen LogP contribution in [-0.2, 0) is 0 Å². The zero-order valence-electron chi connectivity index (χ0n) is 8.14. The minimum absolute atomic E-state index is 1.04. The van der Waals surface area contributed by atoms with Crippen LogP contribution < -0.4 is 5.32 Å². The van der Waals surface area contributed by atoms with Crippen LogP contribution in [0.1, 0.15) is 26.7 Å². The first-order valence-electron chi connectivity index (χ1n) is 4.54. The smallest absolute Gasteiger partial charge is 0.0336 e. The molecule has 0 aliphatic carbocycles. The molecular formula is C11H19N. The van der Waals surface area contributed by atoms with Crippen LogP contribution in [0.25, 0.3) is 0 Å². The molecule has 0 aliphatic heterocycles. The van der Waals surface area contributed by atoms with Gasteiger partial charge in [0.15, 0.2) is 0 Å². The molecule has 0 fully saturated rings. The van der Waals surface area contributed by atoms with Gasteiger partial charge in [0.2, 0.25) is 0 Å². The van der Waals surface area contributed by atoms with Crippen LogP contribution in [-0.4, -0.2) is 6.54 Å². The largest absolute Gasteiger partial charge is 0.385 e. The van der Waals surface area contributed by atoms with E-state index < -0.39 is 0 Å². The molecule has 0 aromatic carbocycles. The molecule has 0 saturated carbocycles. The van der Waals surface area contributed by atoms with E-state index in [1.807, 2.05) is 19.1 Å². The van der Waals surface area contributed by atoms with Crippen molar-refractivity contribution >= 4 is 0 Å². The third kappa shape index (κ3) is 5.78. The number of hydrogen-bond acceptors (Lipinski definition) is 1. The third-order valence-electron chi connectivity index (χ3n) is 1.50. The number of hydrogen-bond donors (Lipinski definition) is 1. The van der Waals surface area contributed by atoms with Gasteiger partial charge >= 0.3 is 0 Å². The summed E-state index contributed by atoms with van der Waals surface area (Å²) in [6, 6.07) is 0. The van der Waals surface area contributed by atoms with Crippen molar-refractivity contribution in [3.8, 4) is 0 Å². The molecule has 0 bridgehead atoms. The Hall–Kier alpha value is -0.980. The van der Waals surface area contributed by atoms with Gasteiger partial charge in [0.25, 0.3) is 0 Å². The van der Waals surface area contributed by atoms with Crippen molar-refractivity contribution in [3.05, 3.63) is 36.6 Å². The molecule has 0 aromatic heterocycles. The topological polar surface area (TPSA) is 12.0 Å². The highest BCUT2D eigenvalue weighted by Crippen LogP contribution is 1.93. The van der Waals surface area contributed by atoms with Crippen molar-refractivity contribution < 1.29 is 0 Å². The van der Waals surface area contributed by atoms with E-state index in [1.54, 1.807) is 6.08 Å². The molecule has 68 valence electrons. The van der Waals surface area contributed by atoms with Crippen molar-refractivity contribution in [3.63, 3.8) is 0 Å². The average molecular weight is 165 g/mol. The molecule has 0 saturated heterocycles. The molecule has 1 N–H and O–H groups in total. The Bertz CT molecular complexity index is 166. The lowest BCUT2D eigenvalue weighted by Gasteiger charge is -2.04. The van der Waals surface area contributed by atoms with Gasteiger partial charge < -0.3 is 5.32 Å². The Balaban J connectivity index is 3.79. The first-order valence-corrected chi connectivity index (χ1v) is 4.54. The lowest BCUT2D eigenvalue weighted by Crippen LogP contribution is -2.12. The SMILES string of the molecule is C=C/C=C(\C=C/C)NCCCC. The third-order valence-corrected chi connectivity index (χ3v) is 1.50. The second kappa shape index (κ2) is 8.12. The van der Waals surface area contributed by atoms with Crippen molar-refractivity contribution in [2.75, 3.05) is 6.54 Å². The van der Waals surface area contributed by atoms with Crippen LogP contribution in [0.2, 0.25) is 0 Å². The van der Waals surface area contributed by atoms with E-state index in [0.717, 1.165) is 12.2 Å². The molecule has 0 radical (unpaired) electrons. The zero-order valence-corrected chi connectivity index (χ0v) is 8.14. The van der Waals surface area contributed by atoms with Crippen molar-refractivity contribution in [1.82, 2.24) is 5.32 Å². The predicted octanol–water partition coefficient (Wildman–Crippen LogP) is 3.02. The quantitative estimate of drug-likeness (QED) is 0.471. The van der Waals surface area contributed by atoms with E-state index in [1.165, 1.54) is 12.8 Å². The highest BCUT2D eigenvalue weighted by molar-refractivity contribution is 5.20. The average Bonchev–Trinajstić information content (AvgIpc) is 2.06. The Labute approximate surface area is 75.9 Å². The summed E-state index contributed by atoms with van der Waals surface area (Å²) in [6.07, 6.45) is 10.3. The number of rotatable bonds is 6. The molecule has 0 amide bonds. The molecule has 0 atom stereocenters. The summed E-state index contributed by atoms with van der Waals surface area (Å²) in [7, 11) is 0. The van der Waals surface area contributed by atoms with Gasteiger partial charge in [0, 0.05) is 12.2 Å². The maximum absolute atomic E-state index is 3.66. The van der Waals surface area contributed by atoms with E-state index in [-0.39, 0.29) is 0 Å². The Morgan fingerprint density at radius 3 is 2.75 bits per heavy atom. The summed E-state index contributed by atoms with van der Waals surface area (Å²) in [6.45, 7) is 8.90. The number of allylic oxidation sites excluding steroid dienone is 4. The zero-order chi connectivity index (χ0) is 9.23. The molecular weight excluding hydrogens is 146 g/mol. The highest BCUT2D eigenvalue weighted by Gasteiger charge is 1.87. The lowest BCUT2D eigenvalue weighted by molar-refractivity contribution is 0.720. The van der Waals surface area contributed by atoms with E-state index in [2.05, 4.69) is 24.9 Å². The van der Waals surface area contributed by atoms with Crippen LogP contribution >= 0.6 is 0 Å². The highest BCUT2D eigenvalue weighted by atomic mass is 14.9. The van der Waals surface area contributed by atoms with Crippen molar-refractivity contribution in [2.24, 2.45) is 0 Å². The Kier molecular flexibility index (Phi) is 7.46. The van der Waals surface area contributed by atoms with E-state index in [0.29, 0.717) is 0 Å². The maximum atomic E-state index is 3.66. The number of nitrogens with one attached hydrogen (secondary N) is 1. The monoisotopic (exact) mass is 165 g/mol. The van der Waals surface area contributed by atoms with Crippen LogP contribution in [0.3, 0.4) is 0 Å². The minimum Gasteiger partial charge on any atom is -0.385 e. The van der Waals surface area contributed by atoms with Gasteiger partial charge in [-0.05, 0) is 25.5 Å². The minimum atomic E-state index is 1.04. The molecule has 0 spiro atoms. The summed E-state index contributed by atoms with van der Waals surface area (Å²) >= 11 is 0. The molecule has 0 rings (SSSR count). The summed E-state index contributed by atoms with van der Waals surface area (Å²) in [4.78, 5) is 0. The van der Waals surface area contributed by atoms with Crippen molar-refractivity contribution in [2.45, 2.75) is 26.7 Å². The molecule has 0 heterocycles. The van der Waals surface area contributed by atoms with Crippen LogP contribution in [0, 0.1) is 0 Å². The molecule has 1 nitrogen and oxygen atoms in total. The fourth-order valence-corrected chi connectivity index (χ4v) is 0.889. The Morgan fingerprint density at radius 2 is 2.25 bits per heavy atom. The van der Waals surface area contributed by atoms with Crippen LogP contribution in [0.5, 0.6) is 0 Å². The maximum Gasteiger partial charge on any atom is 0.0336 e. The van der Waals surface area contributed by atoms with Gasteiger partial charge in [-0.1, -0.05) is 32.1 Å². The van der Waals surface area contributed by atoms with Gasteiger partial charge in [0.1, 0.15) is 0 Å². The van der Waals surface area contributed by atoms with Crippen LogP contribution in [0.4, 0.5) is 0 Å². The normalized spacial score (nSPS) is 12.0. The van der Waals surface area contributed by atoms with E-state index in [9.17, 15) is 0 Å². The summed E-state index contributed by atoms with van der Waals surface area (Å²) in [5.41, 5.74) is 1.14. The molecule has 1 heteroatoms. The molecule has 0 unspecified atom stereocenters. The second-order valence-corrected chi connectivity index (χ2v) is 2.64. The molecule has 12 heavy (non-hydrogen) atoms. The van der Waals surface area contributed by atoms with E-state index in [4.69, 9.17) is 0 Å². The molecule has 0 aromatic rings. The fourth-order valence-electron chi connectivity index (χ4n) is 0.889. The lowest BCUT2D eigenvalue weighted by atomic mass is 10.3. The van der Waals surface area contributed by atoms with Crippen LogP contribution in [0.15, 0.2) is 36.6 Å². The van der Waals surface area contributed by atoms with E-state index >= 15 is 0 Å². The first kappa shape index (κ1) is 11.0. The standard InChI is InChI=1S/C11H19N/c1-4-7-10-12-11(8-5-2)9-6-3/h5-6,8-9,12H,2,4,7,10H2,1,3H3/b9-6-,11-8+. The summed E-state index contributed by atoms with van der Waals surface area (Å²) in [5.74, 6) is 0. The predicted molar refractivity (Wildman–Crippen MR) is 56.0 cm³/mol. The summed E-state index contributed by atoms with van der Waals surface area (Å²) < 4.78 is 0. The summed E-state index contributed by atoms with van der Waals surface area (Å²) in [5, 5.41) is 3.33. The second-order valence-electron chi connectivity index (χ2n) is 2.64.